The number of ether oxygens (including phenoxy) is 1. The molecule has 0 heterocycles. The molecule has 0 bridgehead atoms. The van der Waals surface area contributed by atoms with Crippen molar-refractivity contribution in [1.82, 2.24) is 0 Å². The van der Waals surface area contributed by atoms with Gasteiger partial charge in [0, 0.05) is 38.2 Å². The maximum absolute atomic E-state index is 14.0. The molecule has 0 saturated carbocycles. The van der Waals surface area contributed by atoms with Crippen molar-refractivity contribution in [3.63, 3.8) is 0 Å². The number of nitrogens with one attached hydrogen (secondary N) is 1. The molecule has 0 aliphatic heterocycles. The van der Waals surface area contributed by atoms with Crippen LogP contribution in [-0.2, 0) is 4.79 Å². The Hall–Kier alpha value is -3.76. The molecule has 10 nitrogen and oxygen atoms in total. The lowest BCUT2D eigenvalue weighted by molar-refractivity contribution is -0.387. The van der Waals surface area contributed by atoms with Gasteiger partial charge in [-0.25, -0.2) is 0 Å². The van der Waals surface area contributed by atoms with E-state index in [1.165, 1.54) is 14.0 Å². The van der Waals surface area contributed by atoms with Crippen LogP contribution in [0.15, 0.2) is 34.5 Å². The monoisotopic (exact) mass is 446 g/mol. The number of nitro groups is 1. The van der Waals surface area contributed by atoms with E-state index < -0.39 is 16.4 Å². The van der Waals surface area contributed by atoms with Crippen LogP contribution < -0.4 is 20.7 Å². The molecule has 0 aromatic heterocycles. The molecular formula is C21H27FN6O4. The van der Waals surface area contributed by atoms with Crippen LogP contribution in [0.25, 0.3) is 0 Å². The van der Waals surface area contributed by atoms with Crippen LogP contribution in [0.3, 0.4) is 0 Å². The summed E-state index contributed by atoms with van der Waals surface area (Å²) in [5.74, 6) is -0.864. The van der Waals surface area contributed by atoms with Crippen molar-refractivity contribution in [2.24, 2.45) is 10.2 Å². The van der Waals surface area contributed by atoms with Gasteiger partial charge in [-0.05, 0) is 18.9 Å². The molecule has 3 N–H and O–H groups in total. The molecule has 0 aliphatic carbocycles. The van der Waals surface area contributed by atoms with Crippen LogP contribution >= 0.6 is 0 Å². The average Bonchev–Trinajstić information content (AvgIpc) is 2.73. The number of methoxy groups -OCH3 is 1. The van der Waals surface area contributed by atoms with Crippen molar-refractivity contribution < 1.29 is 18.8 Å². The first-order chi connectivity index (χ1) is 15.2. The van der Waals surface area contributed by atoms with Crippen molar-refractivity contribution in [3.8, 4) is 5.75 Å². The van der Waals surface area contributed by atoms with E-state index in [2.05, 4.69) is 34.3 Å². The molecule has 2 rings (SSSR count). The summed E-state index contributed by atoms with van der Waals surface area (Å²) in [7, 11) is 1.53. The van der Waals surface area contributed by atoms with Gasteiger partial charge in [-0.1, -0.05) is 13.8 Å². The zero-order valence-corrected chi connectivity index (χ0v) is 18.5. The Kier molecular flexibility index (Phi) is 8.45. The van der Waals surface area contributed by atoms with Crippen molar-refractivity contribution in [3.05, 3.63) is 40.2 Å². The molecule has 0 saturated heterocycles. The smallest absolute Gasteiger partial charge is 0.307 e. The summed E-state index contributed by atoms with van der Waals surface area (Å²) < 4.78 is 19.5. The van der Waals surface area contributed by atoms with E-state index >= 15 is 0 Å². The van der Waals surface area contributed by atoms with Gasteiger partial charge in [0.1, 0.15) is 17.1 Å². The molecule has 0 unspecified atom stereocenters. The van der Waals surface area contributed by atoms with Crippen molar-refractivity contribution in [2.45, 2.75) is 33.6 Å². The fourth-order valence-corrected chi connectivity index (χ4v) is 3.14. The predicted octanol–water partition coefficient (Wildman–Crippen LogP) is 5.32. The van der Waals surface area contributed by atoms with E-state index in [-0.39, 0.29) is 23.0 Å². The van der Waals surface area contributed by atoms with Crippen LogP contribution in [0.1, 0.15) is 33.6 Å². The van der Waals surface area contributed by atoms with E-state index in [1.807, 2.05) is 0 Å². The van der Waals surface area contributed by atoms with E-state index in [1.54, 1.807) is 12.1 Å². The van der Waals surface area contributed by atoms with Gasteiger partial charge in [0.15, 0.2) is 0 Å². The van der Waals surface area contributed by atoms with Gasteiger partial charge in [0.2, 0.25) is 11.7 Å². The van der Waals surface area contributed by atoms with Crippen LogP contribution in [0.5, 0.6) is 5.75 Å². The summed E-state index contributed by atoms with van der Waals surface area (Å²) >= 11 is 0. The summed E-state index contributed by atoms with van der Waals surface area (Å²) in [5, 5.41) is 21.6. The lowest BCUT2D eigenvalue weighted by Gasteiger charge is -2.26. The predicted molar refractivity (Wildman–Crippen MR) is 122 cm³/mol. The molecule has 11 heteroatoms. The SMILES string of the molecule is CCCN(CCC)c1cc(NC(C)=O)c(N=Nc2cc(F)c([N+](=O)[O-])cc2N)cc1OC. The first-order valence-electron chi connectivity index (χ1n) is 10.1. The topological polar surface area (TPSA) is 135 Å². The van der Waals surface area contributed by atoms with E-state index in [0.717, 1.165) is 43.8 Å². The summed E-state index contributed by atoms with van der Waals surface area (Å²) in [5.41, 5.74) is 6.26. The largest absolute Gasteiger partial charge is 0.494 e. The van der Waals surface area contributed by atoms with Crippen LogP contribution in [0.2, 0.25) is 0 Å². The molecule has 172 valence electrons. The fourth-order valence-electron chi connectivity index (χ4n) is 3.14. The van der Waals surface area contributed by atoms with Crippen LogP contribution in [-0.4, -0.2) is 31.0 Å². The Bertz CT molecular complexity index is 1020. The summed E-state index contributed by atoms with van der Waals surface area (Å²) in [6, 6.07) is 5.08. The highest BCUT2D eigenvalue weighted by Gasteiger charge is 2.19. The Labute approximate surface area is 185 Å². The lowest BCUT2D eigenvalue weighted by Crippen LogP contribution is -2.25. The highest BCUT2D eigenvalue weighted by atomic mass is 19.1. The maximum Gasteiger partial charge on any atom is 0.307 e. The van der Waals surface area contributed by atoms with Crippen molar-refractivity contribution in [2.75, 3.05) is 36.1 Å². The number of nitrogen functional groups attached to an aromatic ring is 1. The Balaban J connectivity index is 2.56. The summed E-state index contributed by atoms with van der Waals surface area (Å²) in [6.07, 6.45) is 1.84. The number of carbonyl (C=O) groups is 1. The number of hydrogen-bond donors (Lipinski definition) is 2. The fraction of sp³-hybridized carbons (Fsp3) is 0.381. The van der Waals surface area contributed by atoms with Gasteiger partial charge < -0.3 is 20.7 Å². The third-order valence-electron chi connectivity index (χ3n) is 4.49. The van der Waals surface area contributed by atoms with Gasteiger partial charge in [-0.15, -0.1) is 10.2 Å². The molecule has 0 fully saturated rings. The maximum atomic E-state index is 14.0. The Morgan fingerprint density at radius 3 is 2.34 bits per heavy atom. The molecule has 32 heavy (non-hydrogen) atoms. The number of halogens is 1. The Morgan fingerprint density at radius 1 is 1.19 bits per heavy atom. The second-order valence-corrected chi connectivity index (χ2v) is 7.03. The highest BCUT2D eigenvalue weighted by molar-refractivity contribution is 5.93. The number of nitro benzene ring substituents is 1. The minimum absolute atomic E-state index is 0.0801. The molecule has 0 spiro atoms. The normalized spacial score (nSPS) is 10.9. The number of nitrogens with zero attached hydrogens (tertiary/aromatic N) is 4. The van der Waals surface area contributed by atoms with Gasteiger partial charge in [-0.2, -0.15) is 4.39 Å². The quantitative estimate of drug-likeness (QED) is 0.219. The molecule has 0 radical (unpaired) electrons. The number of amides is 1. The molecule has 0 atom stereocenters. The number of benzene rings is 2. The summed E-state index contributed by atoms with van der Waals surface area (Å²) in [4.78, 5) is 23.9. The third-order valence-corrected chi connectivity index (χ3v) is 4.49. The van der Waals surface area contributed by atoms with Gasteiger partial charge in [0.25, 0.3) is 0 Å². The van der Waals surface area contributed by atoms with E-state index in [4.69, 9.17) is 10.5 Å². The second-order valence-electron chi connectivity index (χ2n) is 7.03. The van der Waals surface area contributed by atoms with Crippen molar-refractivity contribution in [1.29, 1.82) is 0 Å². The van der Waals surface area contributed by atoms with Crippen molar-refractivity contribution >= 4 is 40.0 Å². The number of carbonyl (C=O) groups excluding carboxylic acids is 1. The average molecular weight is 446 g/mol. The Morgan fingerprint density at radius 2 is 1.81 bits per heavy atom. The number of anilines is 3. The zero-order valence-electron chi connectivity index (χ0n) is 18.5. The molecular weight excluding hydrogens is 419 g/mol. The number of azo groups is 1. The second kappa shape index (κ2) is 11.0. The van der Waals surface area contributed by atoms with Crippen LogP contribution in [0, 0.1) is 15.9 Å². The number of hydrogen-bond acceptors (Lipinski definition) is 8. The molecule has 2 aromatic rings. The third kappa shape index (κ3) is 5.90. The van der Waals surface area contributed by atoms with E-state index in [0.29, 0.717) is 11.4 Å². The highest BCUT2D eigenvalue weighted by Crippen LogP contribution is 2.40. The molecule has 1 amide bonds. The summed E-state index contributed by atoms with van der Waals surface area (Å²) in [6.45, 7) is 7.09. The first-order valence-corrected chi connectivity index (χ1v) is 10.1. The number of nitrogens with two attached hydrogens (primary N) is 1. The molecule has 0 aliphatic rings. The number of rotatable bonds is 10. The van der Waals surface area contributed by atoms with Gasteiger partial charge in [-0.3, -0.25) is 14.9 Å². The van der Waals surface area contributed by atoms with Gasteiger partial charge >= 0.3 is 5.69 Å². The lowest BCUT2D eigenvalue weighted by atomic mass is 10.2. The zero-order chi connectivity index (χ0) is 23.8. The van der Waals surface area contributed by atoms with Crippen LogP contribution in [0.4, 0.5) is 38.5 Å². The van der Waals surface area contributed by atoms with E-state index in [9.17, 15) is 19.3 Å². The molecule has 2 aromatic carbocycles. The van der Waals surface area contributed by atoms with Gasteiger partial charge in [0.05, 0.1) is 29.1 Å². The first kappa shape index (κ1) is 24.5. The minimum atomic E-state index is -1.08. The minimum Gasteiger partial charge on any atom is -0.494 e. The standard InChI is InChI=1S/C21H27FN6O4/c1-5-7-27(8-6-2)20-11-17(24-13(3)29)18(12-21(20)32-4)26-25-16-9-14(22)19(28(30)31)10-15(16)23/h9-12H,5-8,23H2,1-4H3,(H,24,29).